The highest BCUT2D eigenvalue weighted by Crippen LogP contribution is 2.21. The largest absolute Gasteiger partial charge is 0.346 e. The molecule has 0 atom stereocenters. The lowest BCUT2D eigenvalue weighted by atomic mass is 10.1. The fourth-order valence-corrected chi connectivity index (χ4v) is 4.64. The summed E-state index contributed by atoms with van der Waals surface area (Å²) in [6.07, 6.45) is 0. The molecule has 0 aliphatic carbocycles. The molecule has 0 spiro atoms. The van der Waals surface area contributed by atoms with Crippen LogP contribution in [0.1, 0.15) is 15.4 Å². The third-order valence-corrected chi connectivity index (χ3v) is 6.41. The zero-order valence-corrected chi connectivity index (χ0v) is 19.3. The Balaban J connectivity index is 1.38. The van der Waals surface area contributed by atoms with Gasteiger partial charge in [0.1, 0.15) is 10.8 Å². The monoisotopic (exact) mass is 488 g/mol. The number of hydrogen-bond acceptors (Lipinski definition) is 5. The van der Waals surface area contributed by atoms with Gasteiger partial charge in [0.15, 0.2) is 4.77 Å². The van der Waals surface area contributed by atoms with Crippen LogP contribution in [0.4, 0.5) is 4.39 Å². The summed E-state index contributed by atoms with van der Waals surface area (Å²) in [6.45, 7) is 0.277. The summed E-state index contributed by atoms with van der Waals surface area (Å²) in [5.41, 5.74) is 2.24. The van der Waals surface area contributed by atoms with Crippen molar-refractivity contribution in [3.63, 3.8) is 0 Å². The summed E-state index contributed by atoms with van der Waals surface area (Å²) in [5.74, 6) is -0.868. The summed E-state index contributed by atoms with van der Waals surface area (Å²) in [7, 11) is 0. The van der Waals surface area contributed by atoms with Crippen molar-refractivity contribution in [1.29, 1.82) is 0 Å². The van der Waals surface area contributed by atoms with E-state index >= 15 is 0 Å². The number of hydrogen-bond donors (Lipinski definition) is 2. The molecule has 6 nitrogen and oxygen atoms in total. The predicted molar refractivity (Wildman–Crippen MR) is 133 cm³/mol. The highest BCUT2D eigenvalue weighted by atomic mass is 32.1. The summed E-state index contributed by atoms with van der Waals surface area (Å²) in [6, 6.07) is 20.4. The number of para-hydroxylation sites is 1. The second-order valence-corrected chi connectivity index (χ2v) is 8.79. The lowest BCUT2D eigenvalue weighted by Crippen LogP contribution is -2.24. The topological polar surface area (TPSA) is 79.8 Å². The van der Waals surface area contributed by atoms with Crippen molar-refractivity contribution in [2.75, 3.05) is 0 Å². The molecule has 0 unspecified atom stereocenters. The molecule has 2 heterocycles. The number of fused-ring (bicyclic) bond motifs is 1. The van der Waals surface area contributed by atoms with Crippen LogP contribution in [0.3, 0.4) is 0 Å². The van der Waals surface area contributed by atoms with E-state index in [-0.39, 0.29) is 22.9 Å². The minimum Gasteiger partial charge on any atom is -0.346 e. The van der Waals surface area contributed by atoms with Crippen LogP contribution in [0.25, 0.3) is 27.8 Å². The number of carbonyl (C=O) groups is 1. The van der Waals surface area contributed by atoms with Gasteiger partial charge in [-0.05, 0) is 42.5 Å². The Labute approximate surface area is 202 Å². The number of nitrogens with one attached hydrogen (secondary N) is 2. The van der Waals surface area contributed by atoms with Crippen LogP contribution in [0.2, 0.25) is 0 Å². The molecule has 2 aromatic heterocycles. The maximum atomic E-state index is 14.3. The number of nitrogens with zero attached hydrogens (tertiary/aromatic N) is 2. The van der Waals surface area contributed by atoms with Crippen LogP contribution in [0, 0.1) is 10.6 Å². The Bertz CT molecular complexity index is 1640. The first kappa shape index (κ1) is 21.9. The quantitative estimate of drug-likeness (QED) is 0.332. The average molecular weight is 489 g/mol. The molecule has 3 aromatic carbocycles. The molecule has 0 aliphatic heterocycles. The maximum absolute atomic E-state index is 14.3. The third kappa shape index (κ3) is 4.18. The molecule has 5 rings (SSSR count). The fourth-order valence-electron chi connectivity index (χ4n) is 3.60. The second-order valence-electron chi connectivity index (χ2n) is 7.46. The van der Waals surface area contributed by atoms with Gasteiger partial charge >= 0.3 is 0 Å². The Kier molecular flexibility index (Phi) is 5.87. The van der Waals surface area contributed by atoms with Crippen LogP contribution in [0.5, 0.6) is 0 Å². The Morgan fingerprint density at radius 2 is 1.85 bits per heavy atom. The average Bonchev–Trinajstić information content (AvgIpc) is 3.33. The number of aromatic amines is 1. The molecular formula is C25H17FN4O2S2. The Morgan fingerprint density at radius 1 is 1.09 bits per heavy atom. The normalized spacial score (nSPS) is 11.0. The zero-order chi connectivity index (χ0) is 23.7. The molecule has 168 valence electrons. The van der Waals surface area contributed by atoms with Crippen LogP contribution >= 0.6 is 23.6 Å². The standard InChI is InChI=1S/C25H17FN4O2S2/c26-18-8-4-5-9-21(18)30-24(32)17-11-10-16(12-19(17)29-25(30)33)23(31)27-13-22-28-20(14-34-22)15-6-2-1-3-7-15/h1-12,14H,13H2,(H,27,31)(H,29,33). The molecule has 0 fully saturated rings. The first-order valence-electron chi connectivity index (χ1n) is 10.3. The van der Waals surface area contributed by atoms with Crippen molar-refractivity contribution in [2.24, 2.45) is 0 Å². The minimum atomic E-state index is -0.558. The van der Waals surface area contributed by atoms with Crippen LogP contribution in [0.15, 0.2) is 83.0 Å². The van der Waals surface area contributed by atoms with Gasteiger partial charge < -0.3 is 10.3 Å². The Hall–Kier alpha value is -3.95. The van der Waals surface area contributed by atoms with Crippen LogP contribution in [-0.2, 0) is 6.54 Å². The van der Waals surface area contributed by atoms with E-state index in [9.17, 15) is 14.0 Å². The molecule has 9 heteroatoms. The van der Waals surface area contributed by atoms with Gasteiger partial charge in [-0.25, -0.2) is 13.9 Å². The van der Waals surface area contributed by atoms with E-state index in [1.54, 1.807) is 18.2 Å². The second kappa shape index (κ2) is 9.12. The van der Waals surface area contributed by atoms with E-state index in [4.69, 9.17) is 12.2 Å². The summed E-state index contributed by atoms with van der Waals surface area (Å²) in [5, 5.41) is 5.88. The van der Waals surface area contributed by atoms with Gasteiger partial charge in [0.2, 0.25) is 0 Å². The van der Waals surface area contributed by atoms with Gasteiger partial charge in [-0.15, -0.1) is 11.3 Å². The van der Waals surface area contributed by atoms with Crippen molar-refractivity contribution in [2.45, 2.75) is 6.54 Å². The van der Waals surface area contributed by atoms with Gasteiger partial charge in [-0.2, -0.15) is 0 Å². The van der Waals surface area contributed by atoms with Gasteiger partial charge in [0.25, 0.3) is 11.5 Å². The number of amides is 1. The number of rotatable bonds is 5. The van der Waals surface area contributed by atoms with E-state index in [1.165, 1.54) is 35.6 Å². The Morgan fingerprint density at radius 3 is 2.65 bits per heavy atom. The first-order valence-corrected chi connectivity index (χ1v) is 11.6. The molecule has 0 aliphatic rings. The molecule has 5 aromatic rings. The van der Waals surface area contributed by atoms with Crippen molar-refractivity contribution in [1.82, 2.24) is 19.9 Å². The lowest BCUT2D eigenvalue weighted by Gasteiger charge is -2.10. The van der Waals surface area contributed by atoms with Crippen molar-refractivity contribution >= 4 is 40.4 Å². The van der Waals surface area contributed by atoms with E-state index in [2.05, 4.69) is 15.3 Å². The summed E-state index contributed by atoms with van der Waals surface area (Å²) < 4.78 is 15.4. The molecular weight excluding hydrogens is 471 g/mol. The highest BCUT2D eigenvalue weighted by Gasteiger charge is 2.14. The first-order chi connectivity index (χ1) is 16.5. The van der Waals surface area contributed by atoms with Gasteiger partial charge in [-0.1, -0.05) is 42.5 Å². The number of H-pyrrole nitrogens is 1. The maximum Gasteiger partial charge on any atom is 0.266 e. The van der Waals surface area contributed by atoms with E-state index < -0.39 is 11.4 Å². The molecule has 0 bridgehead atoms. The summed E-state index contributed by atoms with van der Waals surface area (Å²) >= 11 is 6.78. The number of carbonyl (C=O) groups excluding carboxylic acids is 1. The smallest absolute Gasteiger partial charge is 0.266 e. The molecule has 0 saturated heterocycles. The van der Waals surface area contributed by atoms with E-state index in [1.807, 2.05) is 35.7 Å². The van der Waals surface area contributed by atoms with E-state index in [0.717, 1.165) is 20.8 Å². The third-order valence-electron chi connectivity index (χ3n) is 5.27. The number of thiazole rings is 1. The van der Waals surface area contributed by atoms with Crippen molar-refractivity contribution in [3.05, 3.63) is 110 Å². The highest BCUT2D eigenvalue weighted by molar-refractivity contribution is 7.71. The van der Waals surface area contributed by atoms with Gasteiger partial charge in [0.05, 0.1) is 28.8 Å². The molecule has 0 radical (unpaired) electrons. The zero-order valence-electron chi connectivity index (χ0n) is 17.6. The predicted octanol–water partition coefficient (Wildman–Crippen LogP) is 5.24. The summed E-state index contributed by atoms with van der Waals surface area (Å²) in [4.78, 5) is 33.3. The number of aromatic nitrogens is 3. The SMILES string of the molecule is O=C(NCc1nc(-c2ccccc2)cs1)c1ccc2c(=O)n(-c3ccccc3F)c(=S)[nH]c2c1. The van der Waals surface area contributed by atoms with Crippen molar-refractivity contribution < 1.29 is 9.18 Å². The van der Waals surface area contributed by atoms with Gasteiger partial charge in [-0.3, -0.25) is 9.59 Å². The molecule has 1 amide bonds. The number of halogens is 1. The van der Waals surface area contributed by atoms with Gasteiger partial charge in [0, 0.05) is 16.5 Å². The molecule has 2 N–H and O–H groups in total. The fraction of sp³-hybridized carbons (Fsp3) is 0.0400. The van der Waals surface area contributed by atoms with Crippen molar-refractivity contribution in [3.8, 4) is 16.9 Å². The van der Waals surface area contributed by atoms with E-state index in [0.29, 0.717) is 16.5 Å². The number of benzene rings is 3. The minimum absolute atomic E-state index is 0.0383. The molecule has 0 saturated carbocycles. The lowest BCUT2D eigenvalue weighted by molar-refractivity contribution is 0.0951. The van der Waals surface area contributed by atoms with Crippen LogP contribution in [-0.4, -0.2) is 20.4 Å². The molecule has 34 heavy (non-hydrogen) atoms. The van der Waals surface area contributed by atoms with Crippen LogP contribution < -0.4 is 10.9 Å².